The van der Waals surface area contributed by atoms with Crippen molar-refractivity contribution in [2.75, 3.05) is 0 Å². The minimum atomic E-state index is -0.590. The van der Waals surface area contributed by atoms with Crippen LogP contribution in [0.3, 0.4) is 0 Å². The van der Waals surface area contributed by atoms with Crippen LogP contribution in [0.5, 0.6) is 0 Å². The van der Waals surface area contributed by atoms with Gasteiger partial charge in [-0.1, -0.05) is 6.08 Å². The van der Waals surface area contributed by atoms with E-state index in [1.807, 2.05) is 6.08 Å². The summed E-state index contributed by atoms with van der Waals surface area (Å²) in [7, 11) is 0. The third-order valence-corrected chi connectivity index (χ3v) is 2.85. The molecule has 1 saturated heterocycles. The molecule has 3 heteroatoms. The van der Waals surface area contributed by atoms with Gasteiger partial charge in [-0.25, -0.2) is 0 Å². The van der Waals surface area contributed by atoms with Crippen LogP contribution in [0.15, 0.2) is 11.6 Å². The summed E-state index contributed by atoms with van der Waals surface area (Å²) in [4.78, 5) is 10.5. The first-order valence-corrected chi connectivity index (χ1v) is 4.79. The Morgan fingerprint density at radius 3 is 3.08 bits per heavy atom. The summed E-state index contributed by atoms with van der Waals surface area (Å²) in [5.74, 6) is 0.345. The lowest BCUT2D eigenvalue weighted by atomic mass is 9.83. The number of carbonyl (C=O) groups excluding carboxylic acids is 1. The topological polar surface area (TPSA) is 46.5 Å². The van der Waals surface area contributed by atoms with Gasteiger partial charge >= 0.3 is 0 Å². The number of rotatable bonds is 1. The van der Waals surface area contributed by atoms with E-state index in [-0.39, 0.29) is 6.10 Å². The van der Waals surface area contributed by atoms with Gasteiger partial charge in [-0.3, -0.25) is 4.79 Å². The molecular weight excluding hydrogens is 168 g/mol. The zero-order chi connectivity index (χ0) is 9.26. The van der Waals surface area contributed by atoms with Gasteiger partial charge < -0.3 is 9.84 Å². The minimum absolute atomic E-state index is 0.132. The number of aliphatic hydroxyl groups is 1. The predicted octanol–water partition coefficient (Wildman–Crippen LogP) is 1.02. The molecule has 0 aromatic rings. The van der Waals surface area contributed by atoms with E-state index in [0.717, 1.165) is 31.1 Å². The molecule has 0 amide bonds. The van der Waals surface area contributed by atoms with Crippen molar-refractivity contribution >= 4 is 6.29 Å². The maximum Gasteiger partial charge on any atom is 0.154 e. The summed E-state index contributed by atoms with van der Waals surface area (Å²) in [5.41, 5.74) is 0.890. The normalized spacial score (nSPS) is 39.2. The molecule has 1 fully saturated rings. The molecule has 1 N–H and O–H groups in total. The van der Waals surface area contributed by atoms with Gasteiger partial charge in [-0.2, -0.15) is 0 Å². The molecule has 0 spiro atoms. The summed E-state index contributed by atoms with van der Waals surface area (Å²) < 4.78 is 5.38. The first-order chi connectivity index (χ1) is 6.29. The molecule has 3 atom stereocenters. The van der Waals surface area contributed by atoms with Gasteiger partial charge in [0.1, 0.15) is 6.29 Å². The highest BCUT2D eigenvalue weighted by atomic mass is 16.6. The smallest absolute Gasteiger partial charge is 0.154 e. The van der Waals surface area contributed by atoms with E-state index < -0.39 is 6.29 Å². The molecule has 0 radical (unpaired) electrons. The Labute approximate surface area is 77.4 Å². The molecular formula is C10H14O3. The highest BCUT2D eigenvalue weighted by Crippen LogP contribution is 2.33. The maximum atomic E-state index is 10.5. The number of aliphatic hydroxyl groups excluding tert-OH is 1. The maximum absolute atomic E-state index is 10.5. The van der Waals surface area contributed by atoms with Crippen molar-refractivity contribution in [1.29, 1.82) is 0 Å². The molecule has 1 aliphatic carbocycles. The first-order valence-electron chi connectivity index (χ1n) is 4.79. The molecule has 72 valence electrons. The Morgan fingerprint density at radius 2 is 2.31 bits per heavy atom. The van der Waals surface area contributed by atoms with Gasteiger partial charge in [0, 0.05) is 5.92 Å². The van der Waals surface area contributed by atoms with Crippen LogP contribution in [0.2, 0.25) is 0 Å². The van der Waals surface area contributed by atoms with Crippen molar-refractivity contribution in [3.8, 4) is 0 Å². The van der Waals surface area contributed by atoms with Gasteiger partial charge in [-0.15, -0.1) is 0 Å². The van der Waals surface area contributed by atoms with Crippen molar-refractivity contribution in [3.63, 3.8) is 0 Å². The molecule has 2 aliphatic rings. The van der Waals surface area contributed by atoms with E-state index >= 15 is 0 Å². The second-order valence-corrected chi connectivity index (χ2v) is 3.77. The second kappa shape index (κ2) is 3.60. The van der Waals surface area contributed by atoms with E-state index in [2.05, 4.69) is 0 Å². The van der Waals surface area contributed by atoms with Crippen LogP contribution in [0, 0.1) is 5.92 Å². The fourth-order valence-electron chi connectivity index (χ4n) is 2.13. The summed E-state index contributed by atoms with van der Waals surface area (Å²) in [6.45, 7) is 0. The van der Waals surface area contributed by atoms with Crippen LogP contribution < -0.4 is 0 Å². The van der Waals surface area contributed by atoms with E-state index in [1.165, 1.54) is 0 Å². The van der Waals surface area contributed by atoms with Gasteiger partial charge in [0.15, 0.2) is 6.29 Å². The molecule has 3 nitrogen and oxygen atoms in total. The summed E-state index contributed by atoms with van der Waals surface area (Å²) in [6, 6.07) is 0. The lowest BCUT2D eigenvalue weighted by Crippen LogP contribution is -2.36. The molecule has 0 aromatic heterocycles. The van der Waals surface area contributed by atoms with Gasteiger partial charge in [0.25, 0.3) is 0 Å². The lowest BCUT2D eigenvalue weighted by molar-refractivity contribution is -0.178. The predicted molar refractivity (Wildman–Crippen MR) is 47.0 cm³/mol. The SMILES string of the molecule is O=CC1=CC2CCC(O)OC2CC1. The molecule has 13 heavy (non-hydrogen) atoms. The summed E-state index contributed by atoms with van der Waals surface area (Å²) >= 11 is 0. The third kappa shape index (κ3) is 1.81. The fourth-order valence-corrected chi connectivity index (χ4v) is 2.13. The lowest BCUT2D eigenvalue weighted by Gasteiger charge is -2.35. The number of ether oxygens (including phenoxy) is 1. The molecule has 3 unspecified atom stereocenters. The van der Waals surface area contributed by atoms with Gasteiger partial charge in [-0.05, 0) is 31.3 Å². The Balaban J connectivity index is 2.07. The van der Waals surface area contributed by atoms with Crippen LogP contribution >= 0.6 is 0 Å². The fraction of sp³-hybridized carbons (Fsp3) is 0.700. The summed E-state index contributed by atoms with van der Waals surface area (Å²) in [5, 5.41) is 9.26. The number of hydrogen-bond donors (Lipinski definition) is 1. The van der Waals surface area contributed by atoms with Crippen molar-refractivity contribution < 1.29 is 14.6 Å². The minimum Gasteiger partial charge on any atom is -0.368 e. The standard InChI is InChI=1S/C10H14O3/c11-6-7-1-3-9-8(5-7)2-4-10(12)13-9/h5-6,8-10,12H,1-4H2. The zero-order valence-corrected chi connectivity index (χ0v) is 7.48. The van der Waals surface area contributed by atoms with Crippen LogP contribution in [-0.2, 0) is 9.53 Å². The Hall–Kier alpha value is -0.670. The molecule has 1 heterocycles. The summed E-state index contributed by atoms with van der Waals surface area (Å²) in [6.07, 6.45) is 5.75. The van der Waals surface area contributed by atoms with Gasteiger partial charge in [0.2, 0.25) is 0 Å². The van der Waals surface area contributed by atoms with E-state index in [0.29, 0.717) is 12.3 Å². The zero-order valence-electron chi connectivity index (χ0n) is 7.48. The highest BCUT2D eigenvalue weighted by molar-refractivity contribution is 5.73. The van der Waals surface area contributed by atoms with Crippen LogP contribution in [0.1, 0.15) is 25.7 Å². The van der Waals surface area contributed by atoms with Gasteiger partial charge in [0.05, 0.1) is 6.10 Å². The van der Waals surface area contributed by atoms with E-state index in [1.54, 1.807) is 0 Å². The van der Waals surface area contributed by atoms with E-state index in [9.17, 15) is 9.90 Å². The van der Waals surface area contributed by atoms with E-state index in [4.69, 9.17) is 4.74 Å². The molecule has 0 aromatic carbocycles. The second-order valence-electron chi connectivity index (χ2n) is 3.77. The number of aldehydes is 1. The quantitative estimate of drug-likeness (QED) is 0.616. The average Bonchev–Trinajstić information content (AvgIpc) is 2.17. The average molecular weight is 182 g/mol. The molecule has 1 aliphatic heterocycles. The first kappa shape index (κ1) is 8.91. The van der Waals surface area contributed by atoms with Crippen LogP contribution in [0.4, 0.5) is 0 Å². The number of allylic oxidation sites excluding steroid dienone is 1. The van der Waals surface area contributed by atoms with Crippen LogP contribution in [-0.4, -0.2) is 23.8 Å². The van der Waals surface area contributed by atoms with Crippen molar-refractivity contribution in [2.24, 2.45) is 5.92 Å². The highest BCUT2D eigenvalue weighted by Gasteiger charge is 2.31. The number of hydrogen-bond acceptors (Lipinski definition) is 3. The number of fused-ring (bicyclic) bond motifs is 1. The van der Waals surface area contributed by atoms with Crippen molar-refractivity contribution in [2.45, 2.75) is 38.1 Å². The molecule has 0 bridgehead atoms. The monoisotopic (exact) mass is 182 g/mol. The van der Waals surface area contributed by atoms with Crippen molar-refractivity contribution in [3.05, 3.63) is 11.6 Å². The Kier molecular flexibility index (Phi) is 2.47. The number of carbonyl (C=O) groups is 1. The largest absolute Gasteiger partial charge is 0.368 e. The molecule has 0 saturated carbocycles. The Bertz CT molecular complexity index is 234. The van der Waals surface area contributed by atoms with Crippen molar-refractivity contribution in [1.82, 2.24) is 0 Å². The third-order valence-electron chi connectivity index (χ3n) is 2.85. The van der Waals surface area contributed by atoms with Crippen LogP contribution in [0.25, 0.3) is 0 Å². The molecule has 2 rings (SSSR count). The Morgan fingerprint density at radius 1 is 1.46 bits per heavy atom.